The number of aryl methyl sites for hydroxylation is 1. The lowest BCUT2D eigenvalue weighted by Crippen LogP contribution is -2.45. The molecule has 1 aromatic heterocycles. The Hall–Kier alpha value is -2.87. The monoisotopic (exact) mass is 387 g/mol. The minimum atomic E-state index is -1.15. The SMILES string of the molecule is Cc1ccc(Sc2ncccc2C(=O)O[C@@H](C(=O)NC(N)=O)C(C)C)cc1. The molecule has 0 fully saturated rings. The summed E-state index contributed by atoms with van der Waals surface area (Å²) < 4.78 is 5.35. The maximum atomic E-state index is 12.6. The Morgan fingerprint density at radius 3 is 2.41 bits per heavy atom. The molecule has 0 saturated heterocycles. The molecule has 0 aliphatic heterocycles. The molecular weight excluding hydrogens is 366 g/mol. The molecule has 0 radical (unpaired) electrons. The summed E-state index contributed by atoms with van der Waals surface area (Å²) in [5, 5.41) is 2.40. The molecule has 1 heterocycles. The Morgan fingerprint density at radius 2 is 1.81 bits per heavy atom. The van der Waals surface area contributed by atoms with Gasteiger partial charge < -0.3 is 10.5 Å². The number of imide groups is 1. The quantitative estimate of drug-likeness (QED) is 0.737. The topological polar surface area (TPSA) is 111 Å². The number of amides is 3. The Morgan fingerprint density at radius 1 is 1.15 bits per heavy atom. The number of ether oxygens (including phenoxy) is 1. The number of nitrogens with one attached hydrogen (secondary N) is 1. The van der Waals surface area contributed by atoms with E-state index in [1.54, 1.807) is 32.2 Å². The summed E-state index contributed by atoms with van der Waals surface area (Å²) in [6.07, 6.45) is 0.426. The van der Waals surface area contributed by atoms with Gasteiger partial charge in [-0.1, -0.05) is 43.3 Å². The summed E-state index contributed by atoms with van der Waals surface area (Å²) in [7, 11) is 0. The second kappa shape index (κ2) is 9.18. The molecule has 3 amide bonds. The molecular formula is C19H21N3O4S. The van der Waals surface area contributed by atoms with E-state index in [0.717, 1.165) is 10.5 Å². The highest BCUT2D eigenvalue weighted by atomic mass is 32.2. The van der Waals surface area contributed by atoms with Crippen LogP contribution in [0, 0.1) is 12.8 Å². The summed E-state index contributed by atoms with van der Waals surface area (Å²) in [5.74, 6) is -1.81. The summed E-state index contributed by atoms with van der Waals surface area (Å²) >= 11 is 1.32. The van der Waals surface area contributed by atoms with E-state index in [2.05, 4.69) is 4.98 Å². The fourth-order valence-electron chi connectivity index (χ4n) is 2.21. The molecule has 0 bridgehead atoms. The first kappa shape index (κ1) is 20.4. The van der Waals surface area contributed by atoms with Gasteiger partial charge in [-0.3, -0.25) is 10.1 Å². The molecule has 8 heteroatoms. The first-order chi connectivity index (χ1) is 12.8. The molecule has 2 aromatic rings. The van der Waals surface area contributed by atoms with Crippen molar-refractivity contribution < 1.29 is 19.1 Å². The van der Waals surface area contributed by atoms with Crippen LogP contribution in [0.15, 0.2) is 52.5 Å². The number of urea groups is 1. The fraction of sp³-hybridized carbons (Fsp3) is 0.263. The number of esters is 1. The third-order valence-corrected chi connectivity index (χ3v) is 4.60. The van der Waals surface area contributed by atoms with Crippen molar-refractivity contribution in [3.63, 3.8) is 0 Å². The third-order valence-electron chi connectivity index (χ3n) is 3.57. The standard InChI is InChI=1S/C19H21N3O4S/c1-11(2)15(16(23)22-19(20)25)26-18(24)14-5-4-10-21-17(14)27-13-8-6-12(3)7-9-13/h4-11,15H,1-3H3,(H3,20,22,23,25)/t15-/m1/s1. The van der Waals surface area contributed by atoms with E-state index < -0.39 is 24.0 Å². The Bertz CT molecular complexity index is 837. The molecule has 2 rings (SSSR count). The Kier molecular flexibility index (Phi) is 6.95. The molecule has 0 spiro atoms. The second-order valence-corrected chi connectivity index (χ2v) is 7.26. The number of primary amides is 1. The van der Waals surface area contributed by atoms with Gasteiger partial charge in [-0.15, -0.1) is 0 Å². The first-order valence-corrected chi connectivity index (χ1v) is 9.10. The molecule has 7 nitrogen and oxygen atoms in total. The molecule has 1 aromatic carbocycles. The summed E-state index contributed by atoms with van der Waals surface area (Å²) in [6, 6.07) is 9.98. The number of rotatable bonds is 6. The van der Waals surface area contributed by atoms with Crippen molar-refractivity contribution in [1.82, 2.24) is 10.3 Å². The Labute approximate surface area is 161 Å². The number of hydrogen-bond acceptors (Lipinski definition) is 6. The molecule has 142 valence electrons. The van der Waals surface area contributed by atoms with Gasteiger partial charge in [0.1, 0.15) is 5.03 Å². The van der Waals surface area contributed by atoms with E-state index in [0.29, 0.717) is 5.03 Å². The number of nitrogens with zero attached hydrogens (tertiary/aromatic N) is 1. The zero-order valence-electron chi connectivity index (χ0n) is 15.3. The van der Waals surface area contributed by atoms with E-state index in [1.165, 1.54) is 11.8 Å². The highest BCUT2D eigenvalue weighted by molar-refractivity contribution is 7.99. The van der Waals surface area contributed by atoms with Gasteiger partial charge in [-0.05, 0) is 37.1 Å². The highest BCUT2D eigenvalue weighted by Gasteiger charge is 2.29. The van der Waals surface area contributed by atoms with Gasteiger partial charge >= 0.3 is 12.0 Å². The van der Waals surface area contributed by atoms with Crippen LogP contribution in [0.2, 0.25) is 0 Å². The van der Waals surface area contributed by atoms with Crippen molar-refractivity contribution in [2.24, 2.45) is 11.7 Å². The van der Waals surface area contributed by atoms with Crippen molar-refractivity contribution in [2.45, 2.75) is 36.8 Å². The van der Waals surface area contributed by atoms with E-state index in [4.69, 9.17) is 10.5 Å². The van der Waals surface area contributed by atoms with E-state index in [-0.39, 0.29) is 11.5 Å². The van der Waals surface area contributed by atoms with Crippen molar-refractivity contribution in [3.05, 3.63) is 53.7 Å². The third kappa shape index (κ3) is 5.82. The predicted octanol–water partition coefficient (Wildman–Crippen LogP) is 2.92. The minimum absolute atomic E-state index is 0.237. The number of hydrogen-bond donors (Lipinski definition) is 2. The lowest BCUT2D eigenvalue weighted by molar-refractivity contribution is -0.130. The molecule has 3 N–H and O–H groups in total. The van der Waals surface area contributed by atoms with Gasteiger partial charge in [0.05, 0.1) is 5.56 Å². The molecule has 1 atom stereocenters. The normalized spacial score (nSPS) is 11.7. The summed E-state index contributed by atoms with van der Waals surface area (Å²) in [5.41, 5.74) is 6.33. The van der Waals surface area contributed by atoms with Crippen molar-refractivity contribution in [2.75, 3.05) is 0 Å². The highest BCUT2D eigenvalue weighted by Crippen LogP contribution is 2.29. The summed E-state index contributed by atoms with van der Waals surface area (Å²) in [6.45, 7) is 5.38. The fourth-order valence-corrected chi connectivity index (χ4v) is 3.08. The van der Waals surface area contributed by atoms with Gasteiger partial charge in [0, 0.05) is 11.1 Å². The predicted molar refractivity (Wildman–Crippen MR) is 101 cm³/mol. The molecule has 0 aliphatic rings. The van der Waals surface area contributed by atoms with Crippen molar-refractivity contribution >= 4 is 29.7 Å². The van der Waals surface area contributed by atoms with Crippen LogP contribution in [0.5, 0.6) is 0 Å². The zero-order chi connectivity index (χ0) is 20.0. The number of pyridine rings is 1. The molecule has 0 unspecified atom stereocenters. The van der Waals surface area contributed by atoms with Gasteiger partial charge in [-0.25, -0.2) is 14.6 Å². The van der Waals surface area contributed by atoms with Crippen LogP contribution in [-0.4, -0.2) is 29.0 Å². The van der Waals surface area contributed by atoms with E-state index >= 15 is 0 Å². The smallest absolute Gasteiger partial charge is 0.341 e. The van der Waals surface area contributed by atoms with Crippen LogP contribution in [0.4, 0.5) is 4.79 Å². The minimum Gasteiger partial charge on any atom is -0.448 e. The summed E-state index contributed by atoms with van der Waals surface area (Å²) in [4.78, 5) is 40.8. The number of carbonyl (C=O) groups is 3. The van der Waals surface area contributed by atoms with Gasteiger partial charge in [0.25, 0.3) is 5.91 Å². The number of benzene rings is 1. The van der Waals surface area contributed by atoms with Crippen LogP contribution in [0.25, 0.3) is 0 Å². The largest absolute Gasteiger partial charge is 0.448 e. The van der Waals surface area contributed by atoms with E-state index in [9.17, 15) is 14.4 Å². The maximum absolute atomic E-state index is 12.6. The lowest BCUT2D eigenvalue weighted by atomic mass is 10.1. The van der Waals surface area contributed by atoms with Crippen LogP contribution >= 0.6 is 11.8 Å². The lowest BCUT2D eigenvalue weighted by Gasteiger charge is -2.20. The first-order valence-electron chi connectivity index (χ1n) is 8.28. The van der Waals surface area contributed by atoms with E-state index in [1.807, 2.05) is 36.5 Å². The van der Waals surface area contributed by atoms with Crippen LogP contribution in [0.1, 0.15) is 29.8 Å². The molecule has 0 saturated carbocycles. The van der Waals surface area contributed by atoms with Gasteiger partial charge in [-0.2, -0.15) is 0 Å². The van der Waals surface area contributed by atoms with Crippen LogP contribution < -0.4 is 11.1 Å². The molecule has 27 heavy (non-hydrogen) atoms. The Balaban J connectivity index is 2.21. The van der Waals surface area contributed by atoms with Gasteiger partial charge in [0.15, 0.2) is 6.10 Å². The molecule has 0 aliphatic carbocycles. The van der Waals surface area contributed by atoms with Crippen LogP contribution in [0.3, 0.4) is 0 Å². The zero-order valence-corrected chi connectivity index (χ0v) is 16.1. The average molecular weight is 387 g/mol. The van der Waals surface area contributed by atoms with Crippen molar-refractivity contribution in [3.8, 4) is 0 Å². The second-order valence-electron chi connectivity index (χ2n) is 6.19. The number of nitrogens with two attached hydrogens (primary N) is 1. The van der Waals surface area contributed by atoms with Gasteiger partial charge in [0.2, 0.25) is 0 Å². The number of aromatic nitrogens is 1. The average Bonchev–Trinajstić information content (AvgIpc) is 2.61. The van der Waals surface area contributed by atoms with Crippen LogP contribution in [-0.2, 0) is 9.53 Å². The maximum Gasteiger partial charge on any atom is 0.341 e. The van der Waals surface area contributed by atoms with Crippen molar-refractivity contribution in [1.29, 1.82) is 0 Å². The number of carbonyl (C=O) groups excluding carboxylic acids is 3.